The third-order valence-corrected chi connectivity index (χ3v) is 1.81. The first-order chi connectivity index (χ1) is 7.11. The molecular weight excluding hydrogens is 198 g/mol. The van der Waals surface area contributed by atoms with E-state index in [1.54, 1.807) is 20.0 Å². The van der Waals surface area contributed by atoms with Crippen molar-refractivity contribution in [3.05, 3.63) is 12.2 Å². The first-order valence-corrected chi connectivity index (χ1v) is 4.85. The van der Waals surface area contributed by atoms with Crippen LogP contribution in [0.2, 0.25) is 0 Å². The molecule has 0 saturated carbocycles. The minimum Gasteiger partial charge on any atom is -0.480 e. The molecule has 0 heterocycles. The van der Waals surface area contributed by atoms with Crippen molar-refractivity contribution in [1.29, 1.82) is 0 Å². The van der Waals surface area contributed by atoms with Crippen molar-refractivity contribution in [3.8, 4) is 0 Å². The lowest BCUT2D eigenvalue weighted by atomic mass is 10.1. The summed E-state index contributed by atoms with van der Waals surface area (Å²) in [5, 5.41) is 11.4. The van der Waals surface area contributed by atoms with Gasteiger partial charge in [0.1, 0.15) is 6.04 Å². The van der Waals surface area contributed by atoms with Crippen LogP contribution in [0, 0.1) is 0 Å². The van der Waals surface area contributed by atoms with Crippen LogP contribution in [-0.4, -0.2) is 36.7 Å². The fraction of sp³-hybridized carbons (Fsp3) is 0.600. The zero-order valence-corrected chi connectivity index (χ0v) is 9.03. The van der Waals surface area contributed by atoms with Gasteiger partial charge in [-0.25, -0.2) is 4.79 Å². The fourth-order valence-corrected chi connectivity index (χ4v) is 1.02. The lowest BCUT2D eigenvalue weighted by Gasteiger charge is -2.08. The summed E-state index contributed by atoms with van der Waals surface area (Å²) in [7, 11) is 1.59. The van der Waals surface area contributed by atoms with Crippen molar-refractivity contribution >= 4 is 11.9 Å². The molecule has 0 aliphatic heterocycles. The minimum atomic E-state index is -0.887. The topological polar surface area (TPSA) is 75.6 Å². The molecule has 0 aliphatic rings. The fourth-order valence-electron chi connectivity index (χ4n) is 1.02. The molecule has 0 aromatic rings. The van der Waals surface area contributed by atoms with Gasteiger partial charge in [0.15, 0.2) is 0 Å². The number of aliphatic carboxylic acids is 1. The van der Waals surface area contributed by atoms with Gasteiger partial charge >= 0.3 is 11.9 Å². The maximum atomic E-state index is 10.9. The van der Waals surface area contributed by atoms with Crippen LogP contribution in [-0.2, 0) is 14.3 Å². The summed E-state index contributed by atoms with van der Waals surface area (Å²) in [6.07, 6.45) is 3.90. The summed E-state index contributed by atoms with van der Waals surface area (Å²) in [6, 6.07) is -0.572. The summed E-state index contributed by atoms with van der Waals surface area (Å²) < 4.78 is 4.67. The van der Waals surface area contributed by atoms with Crippen molar-refractivity contribution in [2.75, 3.05) is 13.7 Å². The largest absolute Gasteiger partial charge is 0.480 e. The number of carboxylic acid groups (broad SMARTS) is 1. The van der Waals surface area contributed by atoms with Gasteiger partial charge < -0.3 is 15.2 Å². The van der Waals surface area contributed by atoms with Crippen molar-refractivity contribution in [2.45, 2.75) is 25.8 Å². The highest BCUT2D eigenvalue weighted by molar-refractivity contribution is 5.81. The number of carboxylic acids is 1. The summed E-state index contributed by atoms with van der Waals surface area (Å²) in [5.74, 6) is -1.28. The van der Waals surface area contributed by atoms with Crippen LogP contribution in [0.15, 0.2) is 12.2 Å². The Morgan fingerprint density at radius 3 is 2.67 bits per heavy atom. The number of rotatable bonds is 7. The first kappa shape index (κ1) is 13.6. The Bertz CT molecular complexity index is 238. The lowest BCUT2D eigenvalue weighted by Crippen LogP contribution is -2.33. The number of ether oxygens (including phenoxy) is 1. The first-order valence-electron chi connectivity index (χ1n) is 4.85. The zero-order valence-electron chi connectivity index (χ0n) is 9.03. The van der Waals surface area contributed by atoms with Gasteiger partial charge in [0.05, 0.1) is 6.61 Å². The maximum Gasteiger partial charge on any atom is 0.330 e. The van der Waals surface area contributed by atoms with Gasteiger partial charge in [0, 0.05) is 6.08 Å². The second-order valence-corrected chi connectivity index (χ2v) is 2.91. The predicted molar refractivity (Wildman–Crippen MR) is 55.5 cm³/mol. The molecule has 0 radical (unpaired) electrons. The molecule has 5 heteroatoms. The molecular formula is C10H17NO4. The average Bonchev–Trinajstić information content (AvgIpc) is 2.17. The number of likely N-dealkylation sites (N-methyl/N-ethyl adjacent to an activating group) is 1. The summed E-state index contributed by atoms with van der Waals surface area (Å²) >= 11 is 0. The quantitative estimate of drug-likeness (QED) is 0.479. The number of carbonyl (C=O) groups excluding carboxylic acids is 1. The second kappa shape index (κ2) is 7.99. The molecule has 0 aromatic carbocycles. The SMILES string of the molecule is CCOC(=O)/C=C/CC[C@H](NC)C(=O)O. The predicted octanol–water partition coefficient (Wildman–Crippen LogP) is 0.558. The highest BCUT2D eigenvalue weighted by atomic mass is 16.5. The van der Waals surface area contributed by atoms with E-state index in [9.17, 15) is 9.59 Å². The molecule has 5 nitrogen and oxygen atoms in total. The smallest absolute Gasteiger partial charge is 0.330 e. The highest BCUT2D eigenvalue weighted by Crippen LogP contribution is 1.98. The van der Waals surface area contributed by atoms with Gasteiger partial charge in [-0.2, -0.15) is 0 Å². The lowest BCUT2D eigenvalue weighted by molar-refractivity contribution is -0.139. The molecule has 0 aliphatic carbocycles. The number of hydrogen-bond acceptors (Lipinski definition) is 4. The molecule has 0 spiro atoms. The van der Waals surface area contributed by atoms with E-state index in [2.05, 4.69) is 10.1 Å². The Balaban J connectivity index is 3.77. The monoisotopic (exact) mass is 215 g/mol. The van der Waals surface area contributed by atoms with Crippen LogP contribution in [0.1, 0.15) is 19.8 Å². The second-order valence-electron chi connectivity index (χ2n) is 2.91. The molecule has 2 N–H and O–H groups in total. The van der Waals surface area contributed by atoms with Crippen LogP contribution in [0.3, 0.4) is 0 Å². The number of hydrogen-bond donors (Lipinski definition) is 2. The van der Waals surface area contributed by atoms with Crippen molar-refractivity contribution < 1.29 is 19.4 Å². The van der Waals surface area contributed by atoms with E-state index < -0.39 is 18.0 Å². The van der Waals surface area contributed by atoms with Gasteiger partial charge in [-0.3, -0.25) is 4.79 Å². The molecule has 0 bridgehead atoms. The Labute approximate surface area is 89.1 Å². The Kier molecular flexibility index (Phi) is 7.27. The van der Waals surface area contributed by atoms with E-state index in [0.29, 0.717) is 19.4 Å². The third-order valence-electron chi connectivity index (χ3n) is 1.81. The Hall–Kier alpha value is -1.36. The summed E-state index contributed by atoms with van der Waals surface area (Å²) in [5.41, 5.74) is 0. The van der Waals surface area contributed by atoms with Crippen LogP contribution < -0.4 is 5.32 Å². The Morgan fingerprint density at radius 2 is 2.20 bits per heavy atom. The molecule has 0 unspecified atom stereocenters. The standard InChI is InChI=1S/C10H17NO4/c1-3-15-9(12)7-5-4-6-8(11-2)10(13)14/h5,7-8,11H,3-4,6H2,1-2H3,(H,13,14)/b7-5+/t8-/m0/s1. The highest BCUT2D eigenvalue weighted by Gasteiger charge is 2.12. The maximum absolute atomic E-state index is 10.9. The van der Waals surface area contributed by atoms with Gasteiger partial charge in [-0.1, -0.05) is 6.08 Å². The summed E-state index contributed by atoms with van der Waals surface area (Å²) in [4.78, 5) is 21.4. The van der Waals surface area contributed by atoms with E-state index in [4.69, 9.17) is 5.11 Å². The average molecular weight is 215 g/mol. The molecule has 0 fully saturated rings. The number of esters is 1. The van der Waals surface area contributed by atoms with Gasteiger partial charge in [-0.15, -0.1) is 0 Å². The molecule has 15 heavy (non-hydrogen) atoms. The van der Waals surface area contributed by atoms with Crippen molar-refractivity contribution in [2.24, 2.45) is 0 Å². The molecule has 86 valence electrons. The van der Waals surface area contributed by atoms with Crippen LogP contribution in [0.4, 0.5) is 0 Å². The van der Waals surface area contributed by atoms with Crippen LogP contribution in [0.5, 0.6) is 0 Å². The Morgan fingerprint density at radius 1 is 1.53 bits per heavy atom. The van der Waals surface area contributed by atoms with Gasteiger partial charge in [0.2, 0.25) is 0 Å². The van der Waals surface area contributed by atoms with E-state index in [-0.39, 0.29) is 0 Å². The van der Waals surface area contributed by atoms with Crippen molar-refractivity contribution in [3.63, 3.8) is 0 Å². The molecule has 0 saturated heterocycles. The normalized spacial score (nSPS) is 12.7. The van der Waals surface area contributed by atoms with Crippen molar-refractivity contribution in [1.82, 2.24) is 5.32 Å². The van der Waals surface area contributed by atoms with Gasteiger partial charge in [0.25, 0.3) is 0 Å². The number of carbonyl (C=O) groups is 2. The van der Waals surface area contributed by atoms with E-state index in [0.717, 1.165) is 0 Å². The van der Waals surface area contributed by atoms with Crippen LogP contribution >= 0.6 is 0 Å². The van der Waals surface area contributed by atoms with E-state index in [1.807, 2.05) is 0 Å². The number of nitrogens with one attached hydrogen (secondary N) is 1. The molecule has 0 rings (SSSR count). The third kappa shape index (κ3) is 6.68. The van der Waals surface area contributed by atoms with Crippen LogP contribution in [0.25, 0.3) is 0 Å². The van der Waals surface area contributed by atoms with Gasteiger partial charge in [-0.05, 0) is 26.8 Å². The zero-order chi connectivity index (χ0) is 11.7. The van der Waals surface area contributed by atoms with E-state index in [1.165, 1.54) is 6.08 Å². The van der Waals surface area contributed by atoms with E-state index >= 15 is 0 Å². The molecule has 1 atom stereocenters. The molecule has 0 aromatic heterocycles. The number of allylic oxidation sites excluding steroid dienone is 1. The molecule has 0 amide bonds. The summed E-state index contributed by atoms with van der Waals surface area (Å²) in [6.45, 7) is 2.07. The minimum absolute atomic E-state index is 0.345.